The van der Waals surface area contributed by atoms with Crippen molar-refractivity contribution in [2.45, 2.75) is 45.3 Å². The fourth-order valence-corrected chi connectivity index (χ4v) is 3.83. The number of carbonyl (C=O) groups is 1. The summed E-state index contributed by atoms with van der Waals surface area (Å²) in [5.74, 6) is 0.628. The Morgan fingerprint density at radius 2 is 2.00 bits per heavy atom. The van der Waals surface area contributed by atoms with Gasteiger partial charge in [-0.1, -0.05) is 0 Å². The van der Waals surface area contributed by atoms with E-state index < -0.39 is 5.60 Å². The van der Waals surface area contributed by atoms with Gasteiger partial charge in [0.05, 0.1) is 13.2 Å². The zero-order valence-corrected chi connectivity index (χ0v) is 12.8. The Balaban J connectivity index is 1.58. The lowest BCUT2D eigenvalue weighted by atomic mass is 9.70. The van der Waals surface area contributed by atoms with Crippen molar-refractivity contribution in [2.24, 2.45) is 11.3 Å². The number of likely N-dealkylation sites (tertiary alicyclic amines) is 1. The number of carbonyl (C=O) groups excluding carboxylic acids is 1. The van der Waals surface area contributed by atoms with Crippen molar-refractivity contribution in [3.63, 3.8) is 0 Å². The predicted molar refractivity (Wildman–Crippen MR) is 75.6 cm³/mol. The Morgan fingerprint density at radius 3 is 2.65 bits per heavy atom. The molecule has 3 aliphatic rings. The number of fused-ring (bicyclic) bond motifs is 2. The summed E-state index contributed by atoms with van der Waals surface area (Å²) in [7, 11) is 0. The number of nitrogens with zero attached hydrogens (tertiary/aromatic N) is 1. The molecule has 1 amide bonds. The van der Waals surface area contributed by atoms with Crippen molar-refractivity contribution in [3.05, 3.63) is 0 Å². The molecule has 1 spiro atoms. The predicted octanol–water partition coefficient (Wildman–Crippen LogP) is 1.62. The van der Waals surface area contributed by atoms with Crippen molar-refractivity contribution in [1.82, 2.24) is 10.2 Å². The minimum atomic E-state index is -0.411. The lowest BCUT2D eigenvalue weighted by Crippen LogP contribution is -2.48. The van der Waals surface area contributed by atoms with Crippen LogP contribution in [0, 0.1) is 11.3 Å². The van der Waals surface area contributed by atoms with Gasteiger partial charge in [-0.25, -0.2) is 4.79 Å². The van der Waals surface area contributed by atoms with Gasteiger partial charge in [0.25, 0.3) is 0 Å². The van der Waals surface area contributed by atoms with E-state index in [1.165, 1.54) is 0 Å². The molecule has 3 rings (SSSR count). The summed E-state index contributed by atoms with van der Waals surface area (Å²) < 4.78 is 11.1. The Morgan fingerprint density at radius 1 is 1.30 bits per heavy atom. The fourth-order valence-electron chi connectivity index (χ4n) is 3.83. The van der Waals surface area contributed by atoms with Crippen LogP contribution < -0.4 is 5.32 Å². The van der Waals surface area contributed by atoms with E-state index in [4.69, 9.17) is 9.47 Å². The van der Waals surface area contributed by atoms with E-state index in [0.717, 1.165) is 45.7 Å². The largest absolute Gasteiger partial charge is 0.444 e. The third-order valence-corrected chi connectivity index (χ3v) is 4.99. The highest BCUT2D eigenvalue weighted by molar-refractivity contribution is 5.68. The second-order valence-corrected chi connectivity index (χ2v) is 7.46. The monoisotopic (exact) mass is 282 g/mol. The minimum absolute atomic E-state index is 0.169. The molecule has 3 fully saturated rings. The number of rotatable bonds is 0. The maximum absolute atomic E-state index is 12.1. The second kappa shape index (κ2) is 4.88. The van der Waals surface area contributed by atoms with Gasteiger partial charge in [0.15, 0.2) is 0 Å². The van der Waals surface area contributed by atoms with Crippen LogP contribution in [0.15, 0.2) is 0 Å². The summed E-state index contributed by atoms with van der Waals surface area (Å²) >= 11 is 0. The highest BCUT2D eigenvalue weighted by Crippen LogP contribution is 2.46. The van der Waals surface area contributed by atoms with Gasteiger partial charge < -0.3 is 19.7 Å². The van der Waals surface area contributed by atoms with Crippen LogP contribution in [0.2, 0.25) is 0 Å². The van der Waals surface area contributed by atoms with Crippen LogP contribution in [0.1, 0.15) is 33.6 Å². The Kier molecular flexibility index (Phi) is 3.45. The smallest absolute Gasteiger partial charge is 0.410 e. The maximum Gasteiger partial charge on any atom is 0.410 e. The number of piperidine rings is 1. The molecule has 1 N–H and O–H groups in total. The molecule has 0 aromatic rings. The van der Waals surface area contributed by atoms with Gasteiger partial charge in [-0.3, -0.25) is 0 Å². The summed E-state index contributed by atoms with van der Waals surface area (Å²) in [6.07, 6.45) is 1.95. The lowest BCUT2D eigenvalue weighted by molar-refractivity contribution is 0.00426. The molecule has 3 saturated heterocycles. The first kappa shape index (κ1) is 14.1. The Labute approximate surface area is 121 Å². The van der Waals surface area contributed by atoms with Crippen LogP contribution in [-0.4, -0.2) is 55.5 Å². The molecule has 3 aliphatic heterocycles. The van der Waals surface area contributed by atoms with Crippen molar-refractivity contribution >= 4 is 6.09 Å². The Hall–Kier alpha value is -0.810. The van der Waals surface area contributed by atoms with Gasteiger partial charge in [-0.15, -0.1) is 0 Å². The molecule has 0 aliphatic carbocycles. The van der Waals surface area contributed by atoms with Crippen molar-refractivity contribution < 1.29 is 14.3 Å². The summed E-state index contributed by atoms with van der Waals surface area (Å²) in [5.41, 5.74) is -0.0782. The molecule has 114 valence electrons. The number of amides is 1. The molecule has 5 nitrogen and oxygen atoms in total. The highest BCUT2D eigenvalue weighted by Gasteiger charge is 2.52. The molecule has 3 heterocycles. The molecule has 20 heavy (non-hydrogen) atoms. The van der Waals surface area contributed by atoms with Crippen molar-refractivity contribution in [2.75, 3.05) is 32.8 Å². The number of hydrogen-bond acceptors (Lipinski definition) is 4. The molecule has 0 bridgehead atoms. The van der Waals surface area contributed by atoms with Crippen LogP contribution in [0.3, 0.4) is 0 Å². The molecular weight excluding hydrogens is 256 g/mol. The fraction of sp³-hybridized carbons (Fsp3) is 0.933. The average molecular weight is 282 g/mol. The molecule has 0 unspecified atom stereocenters. The summed E-state index contributed by atoms with van der Waals surface area (Å²) in [5, 5.41) is 3.60. The average Bonchev–Trinajstić information content (AvgIpc) is 2.93. The van der Waals surface area contributed by atoms with Gasteiger partial charge in [-0.2, -0.15) is 0 Å². The number of nitrogens with one attached hydrogen (secondary N) is 1. The first-order valence-electron chi connectivity index (χ1n) is 7.69. The third-order valence-electron chi connectivity index (χ3n) is 4.99. The third kappa shape index (κ3) is 2.53. The molecule has 0 radical (unpaired) electrons. The minimum Gasteiger partial charge on any atom is -0.444 e. The van der Waals surface area contributed by atoms with Gasteiger partial charge in [0, 0.05) is 31.6 Å². The van der Waals surface area contributed by atoms with Gasteiger partial charge in [0.1, 0.15) is 5.60 Å². The highest BCUT2D eigenvalue weighted by atomic mass is 16.6. The van der Waals surface area contributed by atoms with E-state index >= 15 is 0 Å². The van der Waals surface area contributed by atoms with Crippen LogP contribution in [0.4, 0.5) is 4.79 Å². The standard InChI is InChI=1S/C15H26N2O3/c1-14(2,3)20-13(18)17-6-4-15(5-7-17)10-16-12-9-19-8-11(12)15/h11-12,16H,4-10H2,1-3H3/t11-,12+/m0/s1. The van der Waals surface area contributed by atoms with Crippen LogP contribution >= 0.6 is 0 Å². The summed E-state index contributed by atoms with van der Waals surface area (Å²) in [6.45, 7) is 10.2. The van der Waals surface area contributed by atoms with Crippen molar-refractivity contribution in [1.29, 1.82) is 0 Å². The van der Waals surface area contributed by atoms with Gasteiger partial charge >= 0.3 is 6.09 Å². The summed E-state index contributed by atoms with van der Waals surface area (Å²) in [6, 6.07) is 0.531. The topological polar surface area (TPSA) is 50.8 Å². The van der Waals surface area contributed by atoms with E-state index in [2.05, 4.69) is 5.32 Å². The molecule has 0 saturated carbocycles. The summed E-state index contributed by atoms with van der Waals surface area (Å²) in [4.78, 5) is 14.0. The quantitative estimate of drug-likeness (QED) is 0.733. The van der Waals surface area contributed by atoms with Crippen LogP contribution in [0.5, 0.6) is 0 Å². The van der Waals surface area contributed by atoms with E-state index in [-0.39, 0.29) is 6.09 Å². The molecule has 0 aromatic carbocycles. The first-order chi connectivity index (χ1) is 9.40. The number of ether oxygens (including phenoxy) is 2. The van der Waals surface area contributed by atoms with Crippen molar-refractivity contribution in [3.8, 4) is 0 Å². The van der Waals surface area contributed by atoms with Crippen LogP contribution in [0.25, 0.3) is 0 Å². The first-order valence-corrected chi connectivity index (χ1v) is 7.69. The molecule has 0 aromatic heterocycles. The Bertz CT molecular complexity index is 383. The zero-order valence-electron chi connectivity index (χ0n) is 12.8. The van der Waals surface area contributed by atoms with Gasteiger partial charge in [0.2, 0.25) is 0 Å². The zero-order chi connectivity index (χ0) is 14.4. The number of hydrogen-bond donors (Lipinski definition) is 1. The lowest BCUT2D eigenvalue weighted by Gasteiger charge is -2.42. The van der Waals surface area contributed by atoms with E-state index in [1.807, 2.05) is 25.7 Å². The van der Waals surface area contributed by atoms with E-state index in [0.29, 0.717) is 17.4 Å². The second-order valence-electron chi connectivity index (χ2n) is 7.46. The van der Waals surface area contributed by atoms with Gasteiger partial charge in [-0.05, 0) is 39.0 Å². The maximum atomic E-state index is 12.1. The van der Waals surface area contributed by atoms with E-state index in [1.54, 1.807) is 0 Å². The molecule has 2 atom stereocenters. The SMILES string of the molecule is CC(C)(C)OC(=O)N1CCC2(CC1)CN[C@@H]1COC[C@@H]12. The van der Waals surface area contributed by atoms with Crippen LogP contribution in [-0.2, 0) is 9.47 Å². The molecule has 5 heteroatoms. The molecular formula is C15H26N2O3. The normalized spacial score (nSPS) is 32.5. The van der Waals surface area contributed by atoms with E-state index in [9.17, 15) is 4.79 Å².